The van der Waals surface area contributed by atoms with Gasteiger partial charge in [-0.2, -0.15) is 0 Å². The van der Waals surface area contributed by atoms with Gasteiger partial charge in [0.25, 0.3) is 0 Å². The molecule has 0 unspecified atom stereocenters. The molecule has 0 spiro atoms. The number of fused-ring (bicyclic) bond motifs is 1. The highest BCUT2D eigenvalue weighted by atomic mass is 16.2. The Morgan fingerprint density at radius 3 is 2.54 bits per heavy atom. The van der Waals surface area contributed by atoms with Crippen LogP contribution in [0.15, 0.2) is 24.3 Å². The van der Waals surface area contributed by atoms with Crippen molar-refractivity contribution >= 4 is 17.6 Å². The maximum absolute atomic E-state index is 13.0. The van der Waals surface area contributed by atoms with Gasteiger partial charge in [0.05, 0.1) is 0 Å². The average molecular weight is 331 g/mol. The van der Waals surface area contributed by atoms with Gasteiger partial charge in [-0.05, 0) is 36.3 Å². The van der Waals surface area contributed by atoms with Crippen molar-refractivity contribution in [3.63, 3.8) is 0 Å². The van der Waals surface area contributed by atoms with Gasteiger partial charge in [-0.1, -0.05) is 45.9 Å². The summed E-state index contributed by atoms with van der Waals surface area (Å²) in [6, 6.07) is 7.18. The average Bonchev–Trinajstić information content (AvgIpc) is 2.95. The van der Waals surface area contributed by atoms with Crippen LogP contribution in [0.5, 0.6) is 0 Å². The Kier molecular flexibility index (Phi) is 6.23. The Morgan fingerprint density at radius 2 is 1.88 bits per heavy atom. The Bertz CT molecular complexity index is 584. The molecule has 1 heterocycles. The molecule has 0 aliphatic carbocycles. The van der Waals surface area contributed by atoms with Crippen LogP contribution in [0.25, 0.3) is 0 Å². The third-order valence-electron chi connectivity index (χ3n) is 4.38. The summed E-state index contributed by atoms with van der Waals surface area (Å²) >= 11 is 0. The van der Waals surface area contributed by atoms with Crippen molar-refractivity contribution in [3.05, 3.63) is 29.8 Å². The first-order valence-corrected chi connectivity index (χ1v) is 8.83. The largest absolute Gasteiger partial charge is 0.338 e. The summed E-state index contributed by atoms with van der Waals surface area (Å²) in [5.41, 5.74) is 2.16. The minimum absolute atomic E-state index is 0.0288. The smallest absolute Gasteiger partial charge is 0.315 e. The van der Waals surface area contributed by atoms with Gasteiger partial charge in [0.15, 0.2) is 0 Å². The molecule has 1 atom stereocenters. The van der Waals surface area contributed by atoms with E-state index in [1.807, 2.05) is 32.0 Å². The highest BCUT2D eigenvalue weighted by Gasteiger charge is 2.32. The van der Waals surface area contributed by atoms with Gasteiger partial charge in [0, 0.05) is 18.8 Å². The van der Waals surface area contributed by atoms with E-state index in [1.165, 1.54) is 5.56 Å². The lowest BCUT2D eigenvalue weighted by molar-refractivity contribution is -0.121. The zero-order valence-corrected chi connectivity index (χ0v) is 15.1. The third-order valence-corrected chi connectivity index (χ3v) is 4.38. The molecule has 5 nitrogen and oxygen atoms in total. The highest BCUT2D eigenvalue weighted by Crippen LogP contribution is 2.28. The van der Waals surface area contributed by atoms with Crippen molar-refractivity contribution < 1.29 is 9.59 Å². The predicted molar refractivity (Wildman–Crippen MR) is 97.1 cm³/mol. The number of para-hydroxylation sites is 1. The zero-order chi connectivity index (χ0) is 17.7. The number of carbonyl (C=O) groups is 2. The fraction of sp³-hybridized carbons (Fsp3) is 0.579. The number of anilines is 1. The molecule has 0 saturated carbocycles. The maximum Gasteiger partial charge on any atom is 0.315 e. The molecule has 5 heteroatoms. The Morgan fingerprint density at radius 1 is 1.17 bits per heavy atom. The molecule has 3 amide bonds. The van der Waals surface area contributed by atoms with Gasteiger partial charge in [0.2, 0.25) is 5.91 Å². The molecule has 1 aromatic carbocycles. The van der Waals surface area contributed by atoms with Crippen LogP contribution >= 0.6 is 0 Å². The number of rotatable bonds is 6. The molecule has 1 aromatic rings. The van der Waals surface area contributed by atoms with Gasteiger partial charge in [0.1, 0.15) is 6.04 Å². The lowest BCUT2D eigenvalue weighted by Crippen LogP contribution is -2.53. The topological polar surface area (TPSA) is 61.4 Å². The van der Waals surface area contributed by atoms with Crippen LogP contribution in [0.2, 0.25) is 0 Å². The number of benzene rings is 1. The summed E-state index contributed by atoms with van der Waals surface area (Å²) in [5, 5.41) is 5.70. The van der Waals surface area contributed by atoms with E-state index in [1.54, 1.807) is 4.90 Å². The molecular formula is C19H29N3O2. The number of carbonyl (C=O) groups excluding carboxylic acids is 2. The quantitative estimate of drug-likeness (QED) is 0.842. The van der Waals surface area contributed by atoms with Crippen molar-refractivity contribution in [2.45, 2.75) is 46.6 Å². The molecule has 24 heavy (non-hydrogen) atoms. The lowest BCUT2D eigenvalue weighted by atomic mass is 10.0. The van der Waals surface area contributed by atoms with E-state index in [0.29, 0.717) is 19.0 Å². The molecule has 0 saturated heterocycles. The summed E-state index contributed by atoms with van der Waals surface area (Å²) < 4.78 is 0. The summed E-state index contributed by atoms with van der Waals surface area (Å²) in [4.78, 5) is 26.9. The van der Waals surface area contributed by atoms with Crippen LogP contribution in [0.4, 0.5) is 10.5 Å². The van der Waals surface area contributed by atoms with Gasteiger partial charge in [-0.15, -0.1) is 0 Å². The number of hydrogen-bond acceptors (Lipinski definition) is 2. The molecule has 0 bridgehead atoms. The fourth-order valence-electron chi connectivity index (χ4n) is 2.92. The molecule has 132 valence electrons. The van der Waals surface area contributed by atoms with Crippen molar-refractivity contribution in [3.8, 4) is 0 Å². The zero-order valence-electron chi connectivity index (χ0n) is 15.1. The van der Waals surface area contributed by atoms with E-state index in [0.717, 1.165) is 18.5 Å². The maximum atomic E-state index is 13.0. The van der Waals surface area contributed by atoms with Crippen molar-refractivity contribution in [1.29, 1.82) is 0 Å². The first-order valence-electron chi connectivity index (χ1n) is 8.83. The van der Waals surface area contributed by atoms with Gasteiger partial charge in [-0.3, -0.25) is 4.79 Å². The molecule has 2 rings (SSSR count). The van der Waals surface area contributed by atoms with E-state index >= 15 is 0 Å². The van der Waals surface area contributed by atoms with Crippen molar-refractivity contribution in [1.82, 2.24) is 10.6 Å². The fourth-order valence-corrected chi connectivity index (χ4v) is 2.92. The number of nitrogens with zero attached hydrogens (tertiary/aromatic N) is 1. The van der Waals surface area contributed by atoms with Gasteiger partial charge < -0.3 is 15.5 Å². The second-order valence-electron chi connectivity index (χ2n) is 7.17. The highest BCUT2D eigenvalue weighted by molar-refractivity contribution is 6.00. The monoisotopic (exact) mass is 331 g/mol. The van der Waals surface area contributed by atoms with Crippen LogP contribution in [0.3, 0.4) is 0 Å². The molecule has 0 aromatic heterocycles. The van der Waals surface area contributed by atoms with E-state index < -0.39 is 6.04 Å². The van der Waals surface area contributed by atoms with Gasteiger partial charge in [-0.25, -0.2) is 4.79 Å². The molecular weight excluding hydrogens is 302 g/mol. The predicted octanol–water partition coefficient (Wildman–Crippen LogP) is 2.95. The van der Waals surface area contributed by atoms with Crippen LogP contribution in [-0.2, 0) is 11.2 Å². The summed E-state index contributed by atoms with van der Waals surface area (Å²) in [7, 11) is 0. The SMILES string of the molecule is CC(C)CCNC(=O)N[C@H](C(=O)N1CCc2ccccc21)C(C)C. The van der Waals surface area contributed by atoms with Crippen LogP contribution < -0.4 is 15.5 Å². The normalized spacial score (nSPS) is 14.7. The lowest BCUT2D eigenvalue weighted by Gasteiger charge is -2.27. The molecule has 0 fully saturated rings. The molecule has 1 aliphatic heterocycles. The van der Waals surface area contributed by atoms with E-state index in [2.05, 4.69) is 30.5 Å². The van der Waals surface area contributed by atoms with Crippen LogP contribution in [-0.4, -0.2) is 31.1 Å². The molecule has 1 aliphatic rings. The first kappa shape index (κ1) is 18.3. The standard InChI is InChI=1S/C19H29N3O2/c1-13(2)9-11-20-19(24)21-17(14(3)4)18(23)22-12-10-15-7-5-6-8-16(15)22/h5-8,13-14,17H,9-12H2,1-4H3,(H2,20,21,24)/t17-/m0/s1. The number of nitrogens with one attached hydrogen (secondary N) is 2. The van der Waals surface area contributed by atoms with E-state index in [9.17, 15) is 9.59 Å². The minimum atomic E-state index is -0.518. The van der Waals surface area contributed by atoms with Crippen molar-refractivity contribution in [2.75, 3.05) is 18.0 Å². The number of hydrogen-bond donors (Lipinski definition) is 2. The summed E-state index contributed by atoms with van der Waals surface area (Å²) in [6.45, 7) is 9.45. The summed E-state index contributed by atoms with van der Waals surface area (Å²) in [5.74, 6) is 0.531. The Balaban J connectivity index is 2.00. The number of urea groups is 1. The van der Waals surface area contributed by atoms with E-state index in [4.69, 9.17) is 0 Å². The second-order valence-corrected chi connectivity index (χ2v) is 7.17. The van der Waals surface area contributed by atoms with E-state index in [-0.39, 0.29) is 17.9 Å². The minimum Gasteiger partial charge on any atom is -0.338 e. The summed E-state index contributed by atoms with van der Waals surface area (Å²) in [6.07, 6.45) is 1.79. The van der Waals surface area contributed by atoms with Gasteiger partial charge >= 0.3 is 6.03 Å². The second kappa shape index (κ2) is 8.18. The molecule has 0 radical (unpaired) electrons. The Hall–Kier alpha value is -2.04. The third kappa shape index (κ3) is 4.49. The van der Waals surface area contributed by atoms with Crippen LogP contribution in [0.1, 0.15) is 39.7 Å². The van der Waals surface area contributed by atoms with Crippen LogP contribution in [0, 0.1) is 11.8 Å². The van der Waals surface area contributed by atoms with Crippen molar-refractivity contribution in [2.24, 2.45) is 11.8 Å². The molecule has 2 N–H and O–H groups in total. The first-order chi connectivity index (χ1) is 11.4. The Labute approximate surface area is 144 Å². The number of amides is 3.